The molecule has 0 unspecified atom stereocenters. The molecule has 3 rings (SSSR count). The van der Waals surface area contributed by atoms with Crippen LogP contribution >= 0.6 is 34.4 Å². The molecule has 0 spiro atoms. The van der Waals surface area contributed by atoms with Gasteiger partial charge in [-0.2, -0.15) is 0 Å². The summed E-state index contributed by atoms with van der Waals surface area (Å²) in [6.07, 6.45) is 1.96. The quantitative estimate of drug-likeness (QED) is 0.720. The summed E-state index contributed by atoms with van der Waals surface area (Å²) < 4.78 is 6.18. The topological polar surface area (TPSA) is 51.2 Å². The Morgan fingerprint density at radius 3 is 3.00 bits per heavy atom. The summed E-state index contributed by atoms with van der Waals surface area (Å²) in [5.74, 6) is 0.673. The Morgan fingerprint density at radius 1 is 1.38 bits per heavy atom. The molecule has 0 radical (unpaired) electrons. The summed E-state index contributed by atoms with van der Waals surface area (Å²) >= 11 is 4.45. The number of methoxy groups -OCH3 is 1. The Labute approximate surface area is 134 Å². The zero-order valence-corrected chi connectivity index (χ0v) is 13.8. The molecule has 1 N–H and O–H groups in total. The Bertz CT molecular complexity index is 794. The minimum absolute atomic E-state index is 0.111. The third-order valence-electron chi connectivity index (χ3n) is 2.87. The largest absolute Gasteiger partial charge is 0.497 e. The van der Waals surface area contributed by atoms with Crippen molar-refractivity contribution in [2.24, 2.45) is 0 Å². The van der Waals surface area contributed by atoms with Gasteiger partial charge in [-0.3, -0.25) is 10.1 Å². The first-order valence-corrected chi connectivity index (χ1v) is 9.01. The van der Waals surface area contributed by atoms with Crippen molar-refractivity contribution in [3.05, 3.63) is 34.5 Å². The van der Waals surface area contributed by atoms with E-state index in [0.717, 1.165) is 25.7 Å². The molecule has 0 saturated carbocycles. The Hall–Kier alpha value is -1.57. The van der Waals surface area contributed by atoms with Crippen molar-refractivity contribution >= 4 is 55.7 Å². The number of fused-ring (bicyclic) bond motifs is 1. The lowest BCUT2D eigenvalue weighted by molar-refractivity contribution is 0.102. The van der Waals surface area contributed by atoms with E-state index in [1.165, 1.54) is 22.7 Å². The van der Waals surface area contributed by atoms with Gasteiger partial charge < -0.3 is 4.74 Å². The molecule has 0 saturated heterocycles. The minimum Gasteiger partial charge on any atom is -0.497 e. The van der Waals surface area contributed by atoms with Crippen molar-refractivity contribution in [3.63, 3.8) is 0 Å². The van der Waals surface area contributed by atoms with E-state index in [4.69, 9.17) is 4.74 Å². The number of hydrogen-bond donors (Lipinski definition) is 1. The molecule has 0 aliphatic carbocycles. The minimum atomic E-state index is -0.111. The van der Waals surface area contributed by atoms with E-state index in [0.29, 0.717) is 5.13 Å². The van der Waals surface area contributed by atoms with E-state index in [9.17, 15) is 4.79 Å². The number of thiazole rings is 1. The molecule has 3 aromatic rings. The van der Waals surface area contributed by atoms with E-state index >= 15 is 0 Å². The Balaban J connectivity index is 1.86. The van der Waals surface area contributed by atoms with Crippen LogP contribution < -0.4 is 10.1 Å². The zero-order valence-electron chi connectivity index (χ0n) is 11.4. The summed E-state index contributed by atoms with van der Waals surface area (Å²) in [6, 6.07) is 7.62. The maximum Gasteiger partial charge on any atom is 0.268 e. The van der Waals surface area contributed by atoms with Crippen LogP contribution in [-0.2, 0) is 0 Å². The molecule has 108 valence electrons. The number of thiophene rings is 1. The normalized spacial score (nSPS) is 10.8. The number of rotatable bonds is 4. The second-order valence-corrected chi connectivity index (χ2v) is 6.92. The molecule has 2 aromatic heterocycles. The van der Waals surface area contributed by atoms with Crippen LogP contribution in [0.3, 0.4) is 0 Å². The number of amides is 1. The number of thioether (sulfide) groups is 1. The van der Waals surface area contributed by atoms with Gasteiger partial charge in [-0.05, 0) is 35.9 Å². The summed E-state index contributed by atoms with van der Waals surface area (Å²) in [6.45, 7) is 0. The number of hydrogen-bond acceptors (Lipinski definition) is 6. The monoisotopic (exact) mass is 336 g/mol. The third-order valence-corrected chi connectivity index (χ3v) is 5.63. The van der Waals surface area contributed by atoms with Crippen molar-refractivity contribution in [2.45, 2.75) is 4.90 Å². The lowest BCUT2D eigenvalue weighted by atomic mass is 10.3. The van der Waals surface area contributed by atoms with E-state index in [1.807, 2.05) is 35.9 Å². The second-order valence-electron chi connectivity index (χ2n) is 4.12. The summed E-state index contributed by atoms with van der Waals surface area (Å²) in [5, 5.41) is 5.39. The molecule has 1 aromatic carbocycles. The van der Waals surface area contributed by atoms with Crippen LogP contribution in [0.25, 0.3) is 10.2 Å². The molecule has 0 aliphatic rings. The van der Waals surface area contributed by atoms with Gasteiger partial charge in [-0.1, -0.05) is 11.3 Å². The molecule has 7 heteroatoms. The predicted molar refractivity (Wildman–Crippen MR) is 90.2 cm³/mol. The number of benzene rings is 1. The first kappa shape index (κ1) is 14.4. The maximum absolute atomic E-state index is 12.3. The smallest absolute Gasteiger partial charge is 0.268 e. The molecular formula is C14H12N2O2S3. The average molecular weight is 336 g/mol. The number of carbonyl (C=O) groups is 1. The van der Waals surface area contributed by atoms with Crippen LogP contribution in [0.4, 0.5) is 5.13 Å². The molecule has 0 bridgehead atoms. The van der Waals surface area contributed by atoms with Crippen molar-refractivity contribution in [3.8, 4) is 5.75 Å². The number of anilines is 1. The van der Waals surface area contributed by atoms with Gasteiger partial charge in [0.25, 0.3) is 5.91 Å². The molecule has 21 heavy (non-hydrogen) atoms. The highest BCUT2D eigenvalue weighted by atomic mass is 32.2. The molecule has 2 heterocycles. The zero-order chi connectivity index (χ0) is 14.8. The van der Waals surface area contributed by atoms with Crippen LogP contribution in [0.1, 0.15) is 9.67 Å². The third kappa shape index (κ3) is 2.90. The van der Waals surface area contributed by atoms with Crippen molar-refractivity contribution in [1.29, 1.82) is 0 Å². The van der Waals surface area contributed by atoms with Crippen molar-refractivity contribution in [1.82, 2.24) is 4.98 Å². The van der Waals surface area contributed by atoms with Crippen molar-refractivity contribution in [2.75, 3.05) is 18.7 Å². The summed E-state index contributed by atoms with van der Waals surface area (Å²) in [4.78, 5) is 18.4. The first-order chi connectivity index (χ1) is 10.2. The van der Waals surface area contributed by atoms with Gasteiger partial charge in [0, 0.05) is 4.90 Å². The summed E-state index contributed by atoms with van der Waals surface area (Å²) in [7, 11) is 1.63. The fourth-order valence-electron chi connectivity index (χ4n) is 1.86. The molecule has 0 fully saturated rings. The predicted octanol–water partition coefficient (Wildman–Crippen LogP) is 4.34. The van der Waals surface area contributed by atoms with Crippen LogP contribution in [0.2, 0.25) is 0 Å². The summed E-state index contributed by atoms with van der Waals surface area (Å²) in [5.41, 5.74) is 0.854. The molecule has 4 nitrogen and oxygen atoms in total. The van der Waals surface area contributed by atoms with Gasteiger partial charge in [0.2, 0.25) is 0 Å². The maximum atomic E-state index is 12.3. The van der Waals surface area contributed by atoms with Crippen LogP contribution in [0.5, 0.6) is 5.75 Å². The fourth-order valence-corrected chi connectivity index (χ4v) is 4.40. The number of ether oxygens (including phenoxy) is 1. The highest BCUT2D eigenvalue weighted by Gasteiger charge is 2.15. The molecule has 0 aliphatic heterocycles. The SMILES string of the molecule is COc1ccc2nc(NC(=O)c3sccc3SC)sc2c1. The van der Waals surface area contributed by atoms with Crippen LogP contribution in [-0.4, -0.2) is 24.3 Å². The molecule has 0 atom stereocenters. The van der Waals surface area contributed by atoms with Gasteiger partial charge >= 0.3 is 0 Å². The first-order valence-electron chi connectivity index (χ1n) is 6.08. The standard InChI is InChI=1S/C14H12N2O2S3/c1-18-8-3-4-9-11(7-8)21-14(15-9)16-13(17)12-10(19-2)5-6-20-12/h3-7H,1-2H3,(H,15,16,17). The number of aromatic nitrogens is 1. The van der Waals surface area contributed by atoms with E-state index in [1.54, 1.807) is 18.9 Å². The van der Waals surface area contributed by atoms with E-state index in [2.05, 4.69) is 10.3 Å². The Morgan fingerprint density at radius 2 is 2.24 bits per heavy atom. The molecular weight excluding hydrogens is 324 g/mol. The lowest BCUT2D eigenvalue weighted by Gasteiger charge is -2.00. The van der Waals surface area contributed by atoms with Crippen LogP contribution in [0, 0.1) is 0 Å². The van der Waals surface area contributed by atoms with E-state index in [-0.39, 0.29) is 5.91 Å². The number of nitrogens with one attached hydrogen (secondary N) is 1. The average Bonchev–Trinajstić information content (AvgIpc) is 3.11. The highest BCUT2D eigenvalue weighted by molar-refractivity contribution is 7.98. The van der Waals surface area contributed by atoms with Gasteiger partial charge in [-0.25, -0.2) is 4.98 Å². The van der Waals surface area contributed by atoms with Gasteiger partial charge in [0.1, 0.15) is 10.6 Å². The van der Waals surface area contributed by atoms with Crippen LogP contribution in [0.15, 0.2) is 34.5 Å². The lowest BCUT2D eigenvalue weighted by Crippen LogP contribution is -2.10. The second kappa shape index (κ2) is 6.05. The molecule has 1 amide bonds. The number of nitrogens with zero attached hydrogens (tertiary/aromatic N) is 1. The van der Waals surface area contributed by atoms with Gasteiger partial charge in [-0.15, -0.1) is 23.1 Å². The van der Waals surface area contributed by atoms with Gasteiger partial charge in [0.15, 0.2) is 5.13 Å². The van der Waals surface area contributed by atoms with Crippen molar-refractivity contribution < 1.29 is 9.53 Å². The van der Waals surface area contributed by atoms with E-state index < -0.39 is 0 Å². The number of carbonyl (C=O) groups excluding carboxylic acids is 1. The highest BCUT2D eigenvalue weighted by Crippen LogP contribution is 2.31. The fraction of sp³-hybridized carbons (Fsp3) is 0.143. The van der Waals surface area contributed by atoms with Gasteiger partial charge in [0.05, 0.1) is 17.3 Å². The Kier molecular flexibility index (Phi) is 4.14.